The molecular formula is C8H9Cl2NO. The molecule has 0 amide bonds. The van der Waals surface area contributed by atoms with Crippen LogP contribution in [-0.4, -0.2) is 10.1 Å². The molecule has 0 unspecified atom stereocenters. The molecule has 0 saturated heterocycles. The Kier molecular flexibility index (Phi) is 3.79. The topological polar surface area (TPSA) is 33.1 Å². The average Bonchev–Trinajstić information content (AvgIpc) is 2.16. The molecule has 1 rings (SSSR count). The summed E-state index contributed by atoms with van der Waals surface area (Å²) in [6, 6.07) is 0. The monoisotopic (exact) mass is 205 g/mol. The zero-order chi connectivity index (χ0) is 8.97. The lowest BCUT2D eigenvalue weighted by atomic mass is 10.1. The lowest BCUT2D eigenvalue weighted by Crippen LogP contribution is -1.98. The van der Waals surface area contributed by atoms with Gasteiger partial charge in [0.1, 0.15) is 0 Å². The number of hydrogen-bond acceptors (Lipinski definition) is 2. The van der Waals surface area contributed by atoms with Crippen LogP contribution in [-0.2, 0) is 18.4 Å². The van der Waals surface area contributed by atoms with Gasteiger partial charge in [-0.1, -0.05) is 0 Å². The molecule has 0 atom stereocenters. The molecule has 0 saturated carbocycles. The highest BCUT2D eigenvalue weighted by molar-refractivity contribution is 6.17. The standard InChI is InChI=1S/C8H9Cl2NO/c9-1-6-3-11-4-7(2-10)8(6)5-12/h3-4,12H,1-2,5H2. The number of pyridine rings is 1. The molecule has 0 radical (unpaired) electrons. The highest BCUT2D eigenvalue weighted by Crippen LogP contribution is 2.16. The number of hydrogen-bond donors (Lipinski definition) is 1. The van der Waals surface area contributed by atoms with Crippen molar-refractivity contribution in [2.45, 2.75) is 18.4 Å². The maximum Gasteiger partial charge on any atom is 0.0689 e. The fourth-order valence-corrected chi connectivity index (χ4v) is 1.47. The second-order valence-electron chi connectivity index (χ2n) is 2.36. The van der Waals surface area contributed by atoms with Crippen molar-refractivity contribution in [3.8, 4) is 0 Å². The summed E-state index contributed by atoms with van der Waals surface area (Å²) in [5.74, 6) is 0.710. The van der Waals surface area contributed by atoms with Crippen LogP contribution in [0.1, 0.15) is 16.7 Å². The number of rotatable bonds is 3. The lowest BCUT2D eigenvalue weighted by molar-refractivity contribution is 0.280. The fourth-order valence-electron chi connectivity index (χ4n) is 1.01. The summed E-state index contributed by atoms with van der Waals surface area (Å²) in [5.41, 5.74) is 2.49. The molecule has 12 heavy (non-hydrogen) atoms. The van der Waals surface area contributed by atoms with E-state index in [1.807, 2.05) is 0 Å². The van der Waals surface area contributed by atoms with Gasteiger partial charge in [-0.3, -0.25) is 4.98 Å². The van der Waals surface area contributed by atoms with E-state index < -0.39 is 0 Å². The summed E-state index contributed by atoms with van der Waals surface area (Å²) in [4.78, 5) is 3.95. The molecule has 0 aliphatic rings. The molecular weight excluding hydrogens is 197 g/mol. The number of nitrogens with zero attached hydrogens (tertiary/aromatic N) is 1. The normalized spacial score (nSPS) is 10.2. The van der Waals surface area contributed by atoms with Gasteiger partial charge in [0.2, 0.25) is 0 Å². The van der Waals surface area contributed by atoms with E-state index in [2.05, 4.69) is 4.98 Å². The van der Waals surface area contributed by atoms with Gasteiger partial charge in [0.25, 0.3) is 0 Å². The van der Waals surface area contributed by atoms with Crippen LogP contribution in [0.15, 0.2) is 12.4 Å². The number of aliphatic hydroxyl groups excluding tert-OH is 1. The molecule has 0 aliphatic heterocycles. The van der Waals surface area contributed by atoms with Crippen molar-refractivity contribution >= 4 is 23.2 Å². The highest BCUT2D eigenvalue weighted by Gasteiger charge is 2.05. The summed E-state index contributed by atoms with van der Waals surface area (Å²) in [7, 11) is 0. The van der Waals surface area contributed by atoms with Gasteiger partial charge >= 0.3 is 0 Å². The van der Waals surface area contributed by atoms with Crippen LogP contribution in [0.4, 0.5) is 0 Å². The van der Waals surface area contributed by atoms with Crippen LogP contribution in [0.2, 0.25) is 0 Å². The third-order valence-electron chi connectivity index (χ3n) is 1.68. The molecule has 1 aromatic heterocycles. The van der Waals surface area contributed by atoms with Crippen LogP contribution in [0.3, 0.4) is 0 Å². The Labute approximate surface area is 81.1 Å². The molecule has 0 aliphatic carbocycles. The number of aromatic nitrogens is 1. The van der Waals surface area contributed by atoms with Crippen LogP contribution >= 0.6 is 23.2 Å². The quantitative estimate of drug-likeness (QED) is 0.767. The third kappa shape index (κ3) is 1.89. The van der Waals surface area contributed by atoms with Crippen molar-refractivity contribution in [1.29, 1.82) is 0 Å². The first kappa shape index (κ1) is 9.78. The smallest absolute Gasteiger partial charge is 0.0689 e. The molecule has 0 fully saturated rings. The maximum atomic E-state index is 9.02. The van der Waals surface area contributed by atoms with Crippen molar-refractivity contribution in [3.05, 3.63) is 29.1 Å². The molecule has 1 aromatic rings. The summed E-state index contributed by atoms with van der Waals surface area (Å²) in [5, 5.41) is 9.02. The SMILES string of the molecule is OCc1c(CCl)cncc1CCl. The van der Waals surface area contributed by atoms with E-state index in [0.717, 1.165) is 16.7 Å². The van der Waals surface area contributed by atoms with Gasteiger partial charge in [-0.05, 0) is 16.7 Å². The number of aliphatic hydroxyl groups is 1. The molecule has 1 N–H and O–H groups in total. The van der Waals surface area contributed by atoms with Gasteiger partial charge in [-0.25, -0.2) is 0 Å². The van der Waals surface area contributed by atoms with Gasteiger partial charge in [0.05, 0.1) is 6.61 Å². The van der Waals surface area contributed by atoms with Crippen molar-refractivity contribution in [1.82, 2.24) is 4.98 Å². The Morgan fingerprint density at radius 2 is 1.67 bits per heavy atom. The fraction of sp³-hybridized carbons (Fsp3) is 0.375. The number of halogens is 2. The van der Waals surface area contributed by atoms with Crippen molar-refractivity contribution in [2.75, 3.05) is 0 Å². The summed E-state index contributed by atoms with van der Waals surface area (Å²) in [6.07, 6.45) is 3.29. The summed E-state index contributed by atoms with van der Waals surface area (Å²) >= 11 is 11.3. The Morgan fingerprint density at radius 1 is 1.17 bits per heavy atom. The first-order valence-electron chi connectivity index (χ1n) is 3.51. The predicted molar refractivity (Wildman–Crippen MR) is 49.3 cm³/mol. The zero-order valence-corrected chi connectivity index (χ0v) is 7.94. The Hall–Kier alpha value is -0.310. The summed E-state index contributed by atoms with van der Waals surface area (Å²) in [6.45, 7) is -0.0351. The maximum absolute atomic E-state index is 9.02. The number of alkyl halides is 2. The molecule has 66 valence electrons. The minimum atomic E-state index is -0.0351. The third-order valence-corrected chi connectivity index (χ3v) is 2.26. The van der Waals surface area contributed by atoms with E-state index in [-0.39, 0.29) is 6.61 Å². The highest BCUT2D eigenvalue weighted by atomic mass is 35.5. The zero-order valence-electron chi connectivity index (χ0n) is 6.43. The Bertz CT molecular complexity index is 243. The van der Waals surface area contributed by atoms with Crippen LogP contribution in [0.5, 0.6) is 0 Å². The van der Waals surface area contributed by atoms with E-state index in [0.29, 0.717) is 11.8 Å². The lowest BCUT2D eigenvalue weighted by Gasteiger charge is -2.07. The van der Waals surface area contributed by atoms with E-state index in [1.165, 1.54) is 0 Å². The van der Waals surface area contributed by atoms with Gasteiger partial charge in [-0.2, -0.15) is 0 Å². The summed E-state index contributed by atoms with van der Waals surface area (Å²) < 4.78 is 0. The van der Waals surface area contributed by atoms with Crippen molar-refractivity contribution < 1.29 is 5.11 Å². The Morgan fingerprint density at radius 3 is 2.00 bits per heavy atom. The largest absolute Gasteiger partial charge is 0.392 e. The molecule has 0 spiro atoms. The van der Waals surface area contributed by atoms with Crippen molar-refractivity contribution in [2.24, 2.45) is 0 Å². The van der Waals surface area contributed by atoms with Crippen molar-refractivity contribution in [3.63, 3.8) is 0 Å². The van der Waals surface area contributed by atoms with Crippen LogP contribution in [0.25, 0.3) is 0 Å². The van der Waals surface area contributed by atoms with E-state index in [9.17, 15) is 0 Å². The first-order chi connectivity index (χ1) is 5.83. The predicted octanol–water partition coefficient (Wildman–Crippen LogP) is 2.05. The van der Waals surface area contributed by atoms with E-state index in [1.54, 1.807) is 12.4 Å². The molecule has 1 heterocycles. The molecule has 2 nitrogen and oxygen atoms in total. The minimum Gasteiger partial charge on any atom is -0.392 e. The second kappa shape index (κ2) is 4.65. The second-order valence-corrected chi connectivity index (χ2v) is 2.90. The van der Waals surface area contributed by atoms with Crippen LogP contribution < -0.4 is 0 Å². The average molecular weight is 206 g/mol. The van der Waals surface area contributed by atoms with Gasteiger partial charge < -0.3 is 5.11 Å². The Balaban J connectivity index is 3.13. The van der Waals surface area contributed by atoms with E-state index >= 15 is 0 Å². The minimum absolute atomic E-state index is 0.0351. The molecule has 0 bridgehead atoms. The van der Waals surface area contributed by atoms with Gasteiger partial charge in [0, 0.05) is 24.2 Å². The van der Waals surface area contributed by atoms with Crippen LogP contribution in [0, 0.1) is 0 Å². The molecule has 4 heteroatoms. The van der Waals surface area contributed by atoms with Gasteiger partial charge in [-0.15, -0.1) is 23.2 Å². The molecule has 0 aromatic carbocycles. The van der Waals surface area contributed by atoms with Gasteiger partial charge in [0.15, 0.2) is 0 Å². The van der Waals surface area contributed by atoms with E-state index in [4.69, 9.17) is 28.3 Å². The first-order valence-corrected chi connectivity index (χ1v) is 4.57.